The minimum absolute atomic E-state index is 0.332. The summed E-state index contributed by atoms with van der Waals surface area (Å²) >= 11 is 1.37. The van der Waals surface area contributed by atoms with Crippen LogP contribution >= 0.6 is 11.8 Å². The lowest BCUT2D eigenvalue weighted by molar-refractivity contribution is 0.413. The fourth-order valence-electron chi connectivity index (χ4n) is 2.55. The van der Waals surface area contributed by atoms with Crippen LogP contribution in [0.15, 0.2) is 68.9 Å². The van der Waals surface area contributed by atoms with Gasteiger partial charge in [0.15, 0.2) is 0 Å². The lowest BCUT2D eigenvalue weighted by Crippen LogP contribution is -1.89. The molecule has 28 heavy (non-hydrogen) atoms. The molecule has 0 unspecified atom stereocenters. The number of ether oxygens (including phenoxy) is 1. The van der Waals surface area contributed by atoms with Crippen molar-refractivity contribution < 1.29 is 18.0 Å². The molecule has 2 aromatic heterocycles. The molecule has 0 amide bonds. The summed E-state index contributed by atoms with van der Waals surface area (Å²) in [5, 5.41) is 8.58. The first-order valence-electron chi connectivity index (χ1n) is 8.48. The van der Waals surface area contributed by atoms with Crippen molar-refractivity contribution in [3.63, 3.8) is 0 Å². The van der Waals surface area contributed by atoms with Gasteiger partial charge in [-0.1, -0.05) is 30.0 Å². The number of aromatic nitrogens is 3. The van der Waals surface area contributed by atoms with E-state index in [1.54, 1.807) is 25.5 Å². The first-order valence-corrected chi connectivity index (χ1v) is 9.46. The molecule has 0 spiro atoms. The lowest BCUT2D eigenvalue weighted by Gasteiger charge is -2.00. The van der Waals surface area contributed by atoms with Crippen LogP contribution in [-0.4, -0.2) is 22.3 Å². The van der Waals surface area contributed by atoms with E-state index < -0.39 is 0 Å². The fraction of sp³-hybridized carbons (Fsp3) is 0.150. The molecule has 2 heterocycles. The SMILES string of the molecule is COc1ccc(Cc2nnc(SCc3coc(-c4cccc(F)c4)n3)o2)cc1. The van der Waals surface area contributed by atoms with Gasteiger partial charge >= 0.3 is 0 Å². The maximum atomic E-state index is 13.3. The van der Waals surface area contributed by atoms with E-state index in [0.29, 0.717) is 40.4 Å². The van der Waals surface area contributed by atoms with E-state index in [0.717, 1.165) is 11.3 Å². The van der Waals surface area contributed by atoms with E-state index in [1.165, 1.54) is 23.9 Å². The Morgan fingerprint density at radius 3 is 2.75 bits per heavy atom. The molecule has 0 aliphatic rings. The van der Waals surface area contributed by atoms with Gasteiger partial charge in [-0.25, -0.2) is 9.37 Å². The lowest BCUT2D eigenvalue weighted by atomic mass is 10.1. The van der Waals surface area contributed by atoms with Crippen LogP contribution < -0.4 is 4.74 Å². The van der Waals surface area contributed by atoms with Crippen molar-refractivity contribution in [1.29, 1.82) is 0 Å². The Hall–Kier alpha value is -3.13. The van der Waals surface area contributed by atoms with E-state index >= 15 is 0 Å². The summed E-state index contributed by atoms with van der Waals surface area (Å²) in [6.07, 6.45) is 2.09. The van der Waals surface area contributed by atoms with Crippen LogP contribution in [-0.2, 0) is 12.2 Å². The van der Waals surface area contributed by atoms with Crippen molar-refractivity contribution in [2.45, 2.75) is 17.4 Å². The normalized spacial score (nSPS) is 10.9. The summed E-state index contributed by atoms with van der Waals surface area (Å²) in [6.45, 7) is 0. The topological polar surface area (TPSA) is 74.2 Å². The largest absolute Gasteiger partial charge is 0.497 e. The Morgan fingerprint density at radius 1 is 1.11 bits per heavy atom. The van der Waals surface area contributed by atoms with Crippen LogP contribution in [0.1, 0.15) is 17.1 Å². The minimum Gasteiger partial charge on any atom is -0.497 e. The van der Waals surface area contributed by atoms with Gasteiger partial charge in [0.25, 0.3) is 5.22 Å². The van der Waals surface area contributed by atoms with Crippen LogP contribution in [0.25, 0.3) is 11.5 Å². The summed E-state index contributed by atoms with van der Waals surface area (Å²) < 4.78 is 29.6. The molecule has 6 nitrogen and oxygen atoms in total. The molecule has 4 aromatic rings. The zero-order chi connectivity index (χ0) is 19.3. The van der Waals surface area contributed by atoms with Gasteiger partial charge in [-0.2, -0.15) is 0 Å². The number of oxazole rings is 1. The third kappa shape index (κ3) is 4.40. The second-order valence-electron chi connectivity index (χ2n) is 5.93. The molecule has 0 radical (unpaired) electrons. The monoisotopic (exact) mass is 397 g/mol. The van der Waals surface area contributed by atoms with Crippen LogP contribution in [0.2, 0.25) is 0 Å². The first-order chi connectivity index (χ1) is 13.7. The second-order valence-corrected chi connectivity index (χ2v) is 6.86. The molecule has 2 aromatic carbocycles. The Labute approximate surface area is 164 Å². The molecule has 0 bridgehead atoms. The molecule has 142 valence electrons. The highest BCUT2D eigenvalue weighted by Crippen LogP contribution is 2.25. The first kappa shape index (κ1) is 18.2. The number of halogens is 1. The third-order valence-electron chi connectivity index (χ3n) is 3.93. The second kappa shape index (κ2) is 8.26. The number of thioether (sulfide) groups is 1. The average Bonchev–Trinajstić information content (AvgIpc) is 3.36. The van der Waals surface area contributed by atoms with Crippen molar-refractivity contribution in [3.8, 4) is 17.2 Å². The van der Waals surface area contributed by atoms with Gasteiger partial charge < -0.3 is 13.6 Å². The number of benzene rings is 2. The van der Waals surface area contributed by atoms with Crippen molar-refractivity contribution >= 4 is 11.8 Å². The highest BCUT2D eigenvalue weighted by molar-refractivity contribution is 7.98. The Bertz CT molecular complexity index is 1060. The van der Waals surface area contributed by atoms with Crippen LogP contribution in [0.4, 0.5) is 4.39 Å². The number of rotatable bonds is 7. The van der Waals surface area contributed by atoms with Crippen LogP contribution in [0.3, 0.4) is 0 Å². The molecule has 0 fully saturated rings. The smallest absolute Gasteiger partial charge is 0.276 e. The van der Waals surface area contributed by atoms with Gasteiger partial charge in [-0.05, 0) is 35.9 Å². The van der Waals surface area contributed by atoms with Gasteiger partial charge in [0.05, 0.1) is 19.2 Å². The summed E-state index contributed by atoms with van der Waals surface area (Å²) in [4.78, 5) is 4.37. The number of nitrogens with zero attached hydrogens (tertiary/aromatic N) is 3. The molecular formula is C20H16FN3O3S. The number of hydrogen-bond acceptors (Lipinski definition) is 7. The molecule has 0 saturated heterocycles. The average molecular weight is 397 g/mol. The summed E-state index contributed by atoms with van der Waals surface area (Å²) in [5.41, 5.74) is 2.35. The predicted molar refractivity (Wildman–Crippen MR) is 102 cm³/mol. The number of methoxy groups -OCH3 is 1. The van der Waals surface area contributed by atoms with Gasteiger partial charge in [0, 0.05) is 11.3 Å². The summed E-state index contributed by atoms with van der Waals surface area (Å²) in [6, 6.07) is 13.8. The third-order valence-corrected chi connectivity index (χ3v) is 4.78. The Morgan fingerprint density at radius 2 is 1.96 bits per heavy atom. The van der Waals surface area contributed by atoms with Gasteiger partial charge in [0.2, 0.25) is 11.8 Å². The molecule has 0 aliphatic carbocycles. The van der Waals surface area contributed by atoms with E-state index in [1.807, 2.05) is 24.3 Å². The maximum absolute atomic E-state index is 13.3. The molecule has 4 rings (SSSR count). The number of hydrogen-bond donors (Lipinski definition) is 0. The zero-order valence-corrected chi connectivity index (χ0v) is 15.8. The zero-order valence-electron chi connectivity index (χ0n) is 15.0. The highest BCUT2D eigenvalue weighted by atomic mass is 32.2. The van der Waals surface area contributed by atoms with E-state index in [9.17, 15) is 4.39 Å². The molecule has 8 heteroatoms. The van der Waals surface area contributed by atoms with Gasteiger partial charge in [-0.15, -0.1) is 10.2 Å². The van der Waals surface area contributed by atoms with Crippen molar-refractivity contribution in [2.24, 2.45) is 0 Å². The van der Waals surface area contributed by atoms with E-state index in [4.69, 9.17) is 13.6 Å². The van der Waals surface area contributed by atoms with Gasteiger partial charge in [-0.3, -0.25) is 0 Å². The predicted octanol–water partition coefficient (Wildman–Crippen LogP) is 4.76. The van der Waals surface area contributed by atoms with E-state index in [-0.39, 0.29) is 5.82 Å². The van der Waals surface area contributed by atoms with Crippen molar-refractivity contribution in [3.05, 3.63) is 77.8 Å². The molecule has 0 N–H and O–H groups in total. The molecular weight excluding hydrogens is 381 g/mol. The highest BCUT2D eigenvalue weighted by Gasteiger charge is 2.11. The Kier molecular flexibility index (Phi) is 5.38. The molecule has 0 saturated carbocycles. The van der Waals surface area contributed by atoms with Gasteiger partial charge in [0.1, 0.15) is 17.8 Å². The summed E-state index contributed by atoms with van der Waals surface area (Å²) in [7, 11) is 1.63. The summed E-state index contributed by atoms with van der Waals surface area (Å²) in [5.74, 6) is 1.88. The minimum atomic E-state index is -0.332. The quantitative estimate of drug-likeness (QED) is 0.416. The molecule has 0 atom stereocenters. The van der Waals surface area contributed by atoms with Crippen LogP contribution in [0, 0.1) is 5.82 Å². The fourth-order valence-corrected chi connectivity index (χ4v) is 3.21. The van der Waals surface area contributed by atoms with E-state index in [2.05, 4.69) is 15.2 Å². The van der Waals surface area contributed by atoms with Crippen molar-refractivity contribution in [2.75, 3.05) is 7.11 Å². The Balaban J connectivity index is 1.35. The molecule has 0 aliphatic heterocycles. The standard InChI is InChI=1S/C20H16FN3O3S/c1-25-17-7-5-13(6-8-17)9-18-23-24-20(27-18)28-12-16-11-26-19(22-16)14-3-2-4-15(21)10-14/h2-8,10-11H,9,12H2,1H3. The maximum Gasteiger partial charge on any atom is 0.276 e. The van der Waals surface area contributed by atoms with Crippen LogP contribution in [0.5, 0.6) is 5.75 Å². The van der Waals surface area contributed by atoms with Crippen molar-refractivity contribution in [1.82, 2.24) is 15.2 Å².